The lowest BCUT2D eigenvalue weighted by Crippen LogP contribution is -2.25. The number of hydrogen-bond acceptors (Lipinski definition) is 3. The zero-order valence-electron chi connectivity index (χ0n) is 18.8. The Bertz CT molecular complexity index is 1120. The van der Waals surface area contributed by atoms with Crippen molar-refractivity contribution in [3.63, 3.8) is 0 Å². The van der Waals surface area contributed by atoms with Crippen LogP contribution in [-0.4, -0.2) is 19.9 Å². The van der Waals surface area contributed by atoms with Gasteiger partial charge in [-0.05, 0) is 41.5 Å². The van der Waals surface area contributed by atoms with Crippen molar-refractivity contribution in [1.29, 1.82) is 5.41 Å². The molecule has 3 rings (SSSR count). The minimum Gasteiger partial charge on any atom is -0.507 e. The molecule has 162 valence electrons. The van der Waals surface area contributed by atoms with Crippen molar-refractivity contribution in [3.8, 4) is 5.75 Å². The molecule has 0 radical (unpaired) electrons. The highest BCUT2D eigenvalue weighted by Gasteiger charge is 2.28. The Hall–Kier alpha value is -2.34. The van der Waals surface area contributed by atoms with Gasteiger partial charge in [0.1, 0.15) is 5.75 Å². The average Bonchev–Trinajstić information content (AvgIpc) is 2.90. The summed E-state index contributed by atoms with van der Waals surface area (Å²) < 4.78 is 3.45. The lowest BCUT2D eigenvalue weighted by atomic mass is 9.78. The predicted octanol–water partition coefficient (Wildman–Crippen LogP) is 5.29. The predicted molar refractivity (Wildman–Crippen MR) is 126 cm³/mol. The third-order valence-electron chi connectivity index (χ3n) is 5.39. The van der Waals surface area contributed by atoms with Gasteiger partial charge in [-0.2, -0.15) is 0 Å². The maximum Gasteiger partial charge on any atom is 0.207 e. The van der Waals surface area contributed by atoms with Gasteiger partial charge in [-0.15, -0.1) is 17.0 Å². The van der Waals surface area contributed by atoms with Crippen LogP contribution in [0, 0.1) is 12.3 Å². The highest BCUT2D eigenvalue weighted by atomic mass is 79.9. The van der Waals surface area contributed by atoms with Crippen molar-refractivity contribution in [2.75, 3.05) is 0 Å². The zero-order valence-corrected chi connectivity index (χ0v) is 20.5. The van der Waals surface area contributed by atoms with E-state index in [1.165, 1.54) is 0 Å². The number of imidazole rings is 1. The molecule has 0 bridgehead atoms. The van der Waals surface area contributed by atoms with Gasteiger partial charge in [-0.25, -0.2) is 0 Å². The first-order valence-corrected chi connectivity index (χ1v) is 9.93. The van der Waals surface area contributed by atoms with Gasteiger partial charge >= 0.3 is 0 Å². The van der Waals surface area contributed by atoms with Crippen LogP contribution in [0.1, 0.15) is 68.6 Å². The van der Waals surface area contributed by atoms with E-state index in [1.807, 2.05) is 73.0 Å². The molecule has 0 aliphatic heterocycles. The monoisotopic (exact) mass is 473 g/mol. The third-order valence-corrected chi connectivity index (χ3v) is 5.39. The molecule has 2 aromatic heterocycles. The molecule has 2 N–H and O–H groups in total. The first-order valence-electron chi connectivity index (χ1n) is 9.93. The zero-order chi connectivity index (χ0) is 21.7. The highest BCUT2D eigenvalue weighted by Crippen LogP contribution is 2.39. The van der Waals surface area contributed by atoms with Crippen LogP contribution in [0.15, 0.2) is 36.7 Å². The Morgan fingerprint density at radius 1 is 1.07 bits per heavy atom. The summed E-state index contributed by atoms with van der Waals surface area (Å²) in [5, 5.41) is 19.3. The molecule has 30 heavy (non-hydrogen) atoms. The number of carbonyl (C=O) groups is 1. The van der Waals surface area contributed by atoms with E-state index in [2.05, 4.69) is 0 Å². The van der Waals surface area contributed by atoms with Crippen molar-refractivity contribution in [2.45, 2.75) is 65.8 Å². The fourth-order valence-electron chi connectivity index (χ4n) is 3.63. The molecule has 5 nitrogen and oxygen atoms in total. The van der Waals surface area contributed by atoms with E-state index >= 15 is 0 Å². The van der Waals surface area contributed by atoms with Gasteiger partial charge in [0.15, 0.2) is 5.78 Å². The normalized spacial score (nSPS) is 12.1. The molecule has 0 atom stereocenters. The van der Waals surface area contributed by atoms with E-state index in [4.69, 9.17) is 5.41 Å². The summed E-state index contributed by atoms with van der Waals surface area (Å²) in [6, 6.07) is 7.50. The van der Waals surface area contributed by atoms with Crippen LogP contribution < -0.4 is 5.62 Å². The second kappa shape index (κ2) is 8.06. The Labute approximate surface area is 188 Å². The first kappa shape index (κ1) is 23.9. The Balaban J connectivity index is 0.00000320. The minimum absolute atomic E-state index is 0. The third kappa shape index (κ3) is 4.38. The molecule has 0 aliphatic carbocycles. The fourth-order valence-corrected chi connectivity index (χ4v) is 3.63. The standard InChI is InChI=1S/C24H31N3O2.BrH/c1-15-9-8-10-27-19(15)13-26(22(27)25)14-20(28)16-11-17(23(2,3)4)21(29)18(12-16)24(5,6)7;/h8-13,25,29H,14H2,1-7H3;1H. The number of phenolic OH excluding ortho intramolecular Hbond substituents is 1. The highest BCUT2D eigenvalue weighted by molar-refractivity contribution is 8.93. The van der Waals surface area contributed by atoms with E-state index in [1.54, 1.807) is 21.1 Å². The number of rotatable bonds is 3. The van der Waals surface area contributed by atoms with Gasteiger partial charge < -0.3 is 9.67 Å². The van der Waals surface area contributed by atoms with Gasteiger partial charge in [-0.3, -0.25) is 14.6 Å². The number of aryl methyl sites for hydroxylation is 1. The summed E-state index contributed by atoms with van der Waals surface area (Å²) in [7, 11) is 0. The Kier molecular flexibility index (Phi) is 6.43. The van der Waals surface area contributed by atoms with Gasteiger partial charge in [-0.1, -0.05) is 47.6 Å². The number of hydrogen-bond donors (Lipinski definition) is 2. The summed E-state index contributed by atoms with van der Waals surface area (Å²) >= 11 is 0. The van der Waals surface area contributed by atoms with E-state index < -0.39 is 0 Å². The SMILES string of the molecule is Br.Cc1cccn2c(=N)n(CC(=O)c3cc(C(C)(C)C)c(O)c(C(C)(C)C)c3)cc12. The first-order chi connectivity index (χ1) is 13.3. The number of Topliss-reactive ketones (excluding diaryl/α,β-unsaturated/α-hetero) is 1. The maximum atomic E-state index is 13.2. The number of aromatic nitrogens is 2. The largest absolute Gasteiger partial charge is 0.507 e. The molecule has 0 spiro atoms. The van der Waals surface area contributed by atoms with Gasteiger partial charge in [0, 0.05) is 29.1 Å². The number of phenols is 1. The molecule has 6 heteroatoms. The number of nitrogens with zero attached hydrogens (tertiary/aromatic N) is 2. The van der Waals surface area contributed by atoms with Crippen LogP contribution in [0.2, 0.25) is 0 Å². The van der Waals surface area contributed by atoms with Crippen LogP contribution in [0.5, 0.6) is 5.75 Å². The number of fused-ring (bicyclic) bond motifs is 1. The summed E-state index contributed by atoms with van der Waals surface area (Å²) in [6.07, 6.45) is 3.69. The van der Waals surface area contributed by atoms with Crippen molar-refractivity contribution in [2.24, 2.45) is 0 Å². The smallest absolute Gasteiger partial charge is 0.207 e. The van der Waals surface area contributed by atoms with Crippen molar-refractivity contribution < 1.29 is 9.90 Å². The molecule has 0 fully saturated rings. The van der Waals surface area contributed by atoms with Crippen LogP contribution in [-0.2, 0) is 17.4 Å². The van der Waals surface area contributed by atoms with E-state index in [0.717, 1.165) is 22.2 Å². The number of pyridine rings is 1. The van der Waals surface area contributed by atoms with E-state index in [9.17, 15) is 9.90 Å². The second-order valence-electron chi connectivity index (χ2n) is 9.87. The molecule has 0 saturated heterocycles. The number of aromatic hydroxyl groups is 1. The second-order valence-corrected chi connectivity index (χ2v) is 9.87. The van der Waals surface area contributed by atoms with Crippen molar-refractivity contribution in [1.82, 2.24) is 8.97 Å². The molecule has 2 heterocycles. The van der Waals surface area contributed by atoms with Crippen LogP contribution in [0.25, 0.3) is 5.52 Å². The van der Waals surface area contributed by atoms with Crippen LogP contribution >= 0.6 is 17.0 Å². The number of nitrogens with one attached hydrogen (secondary N) is 1. The van der Waals surface area contributed by atoms with Crippen LogP contribution in [0.3, 0.4) is 0 Å². The minimum atomic E-state index is -0.296. The summed E-state index contributed by atoms with van der Waals surface area (Å²) in [4.78, 5) is 13.2. The van der Waals surface area contributed by atoms with E-state index in [-0.39, 0.29) is 51.5 Å². The van der Waals surface area contributed by atoms with Crippen molar-refractivity contribution >= 4 is 28.3 Å². The number of ketones is 1. The van der Waals surface area contributed by atoms with E-state index in [0.29, 0.717) is 5.56 Å². The number of carbonyl (C=O) groups excluding carboxylic acids is 1. The molecule has 3 aromatic rings. The average molecular weight is 474 g/mol. The molecule has 0 aliphatic rings. The lowest BCUT2D eigenvalue weighted by Gasteiger charge is -2.28. The van der Waals surface area contributed by atoms with Gasteiger partial charge in [0.25, 0.3) is 0 Å². The Morgan fingerprint density at radius 3 is 2.07 bits per heavy atom. The molecule has 0 saturated carbocycles. The van der Waals surface area contributed by atoms with Crippen LogP contribution in [0.4, 0.5) is 0 Å². The molecule has 0 amide bonds. The summed E-state index contributed by atoms with van der Waals surface area (Å²) in [5.41, 5.74) is 3.75. The van der Waals surface area contributed by atoms with Gasteiger partial charge in [0.2, 0.25) is 5.62 Å². The maximum absolute atomic E-state index is 13.2. The number of benzene rings is 1. The molecular formula is C24H32BrN3O2. The number of halogens is 1. The van der Waals surface area contributed by atoms with Gasteiger partial charge in [0.05, 0.1) is 12.1 Å². The molecule has 1 aromatic carbocycles. The van der Waals surface area contributed by atoms with Crippen molar-refractivity contribution in [3.05, 3.63) is 64.5 Å². The molecule has 0 unspecified atom stereocenters. The topological polar surface area (TPSA) is 70.5 Å². The molecular weight excluding hydrogens is 442 g/mol. The summed E-state index contributed by atoms with van der Waals surface area (Å²) in [6.45, 7) is 14.3. The quantitative estimate of drug-likeness (QED) is 0.507. The Morgan fingerprint density at radius 2 is 1.60 bits per heavy atom. The fraction of sp³-hybridized carbons (Fsp3) is 0.417. The summed E-state index contributed by atoms with van der Waals surface area (Å²) in [5.74, 6) is 0.189. The lowest BCUT2D eigenvalue weighted by molar-refractivity contribution is 0.0970.